The zero-order valence-corrected chi connectivity index (χ0v) is 11.8. The Morgan fingerprint density at radius 1 is 1.25 bits per heavy atom. The zero-order chi connectivity index (χ0) is 14.9. The van der Waals surface area contributed by atoms with Crippen LogP contribution in [0.15, 0.2) is 30.3 Å². The van der Waals surface area contributed by atoms with Crippen molar-refractivity contribution in [2.24, 2.45) is 0 Å². The first-order valence-electron chi connectivity index (χ1n) is 5.78. The van der Waals surface area contributed by atoms with Gasteiger partial charge in [0.2, 0.25) is 10.0 Å². The molecule has 0 spiro atoms. The number of carboxylic acids is 1. The second kappa shape index (κ2) is 5.01. The van der Waals surface area contributed by atoms with Gasteiger partial charge in [-0.3, -0.25) is 4.72 Å². The normalized spacial score (nSPS) is 11.3. The quantitative estimate of drug-likeness (QED) is 0.803. The number of aryl methyl sites for hydroxylation is 1. The predicted octanol–water partition coefficient (Wildman–Crippen LogP) is 2.06. The van der Waals surface area contributed by atoms with Gasteiger partial charge in [-0.2, -0.15) is 0 Å². The fourth-order valence-electron chi connectivity index (χ4n) is 2.00. The number of H-pyrrole nitrogens is 1. The monoisotopic (exact) mass is 294 g/mol. The van der Waals surface area contributed by atoms with Crippen LogP contribution in [0.1, 0.15) is 16.1 Å². The summed E-state index contributed by atoms with van der Waals surface area (Å²) in [5.74, 6) is -1.19. The Kier molecular flexibility index (Phi) is 3.54. The summed E-state index contributed by atoms with van der Waals surface area (Å²) in [5.41, 5.74) is 1.51. The van der Waals surface area contributed by atoms with Crippen LogP contribution in [0.2, 0.25) is 0 Å². The van der Waals surface area contributed by atoms with Crippen molar-refractivity contribution >= 4 is 21.7 Å². The van der Waals surface area contributed by atoms with Crippen LogP contribution >= 0.6 is 0 Å². The second-order valence-corrected chi connectivity index (χ2v) is 6.17. The number of hydrogen-bond donors (Lipinski definition) is 3. The van der Waals surface area contributed by atoms with Crippen molar-refractivity contribution in [2.45, 2.75) is 6.92 Å². The molecule has 0 atom stereocenters. The van der Waals surface area contributed by atoms with E-state index in [1.54, 1.807) is 31.2 Å². The van der Waals surface area contributed by atoms with Gasteiger partial charge < -0.3 is 10.1 Å². The molecular formula is C13H14N2O4S. The van der Waals surface area contributed by atoms with E-state index >= 15 is 0 Å². The standard InChI is InChI=1S/C13H14N2O4S/c1-8-10(13(16)17)12(15-20(2,18)19)11(14-8)9-6-4-3-5-7-9/h3-7,14-15H,1-2H3,(H,16,17). The topological polar surface area (TPSA) is 99.3 Å². The van der Waals surface area contributed by atoms with Crippen LogP contribution in [0.4, 0.5) is 5.69 Å². The van der Waals surface area contributed by atoms with Crippen LogP contribution in [0.25, 0.3) is 11.3 Å². The lowest BCUT2D eigenvalue weighted by molar-refractivity contribution is 0.0697. The molecule has 0 saturated heterocycles. The van der Waals surface area contributed by atoms with Crippen LogP contribution in [-0.2, 0) is 10.0 Å². The first-order chi connectivity index (χ1) is 9.29. The number of aromatic amines is 1. The van der Waals surface area contributed by atoms with Crippen molar-refractivity contribution in [1.82, 2.24) is 4.98 Å². The molecule has 1 aromatic heterocycles. The molecule has 0 radical (unpaired) electrons. The van der Waals surface area contributed by atoms with Gasteiger partial charge >= 0.3 is 5.97 Å². The molecule has 0 aliphatic rings. The number of benzene rings is 1. The lowest BCUT2D eigenvalue weighted by atomic mass is 10.1. The molecule has 0 aliphatic heterocycles. The van der Waals surface area contributed by atoms with Crippen LogP contribution < -0.4 is 4.72 Å². The summed E-state index contributed by atoms with van der Waals surface area (Å²) < 4.78 is 25.2. The highest BCUT2D eigenvalue weighted by Gasteiger charge is 2.23. The maximum absolute atomic E-state index is 11.5. The van der Waals surface area contributed by atoms with Gasteiger partial charge in [0.05, 0.1) is 17.6 Å². The Balaban J connectivity index is 2.69. The predicted molar refractivity (Wildman–Crippen MR) is 76.4 cm³/mol. The molecule has 7 heteroatoms. The highest BCUT2D eigenvalue weighted by atomic mass is 32.2. The number of sulfonamides is 1. The average molecular weight is 294 g/mol. The van der Waals surface area contributed by atoms with E-state index in [9.17, 15) is 18.3 Å². The molecule has 20 heavy (non-hydrogen) atoms. The largest absolute Gasteiger partial charge is 0.478 e. The second-order valence-electron chi connectivity index (χ2n) is 4.42. The highest BCUT2D eigenvalue weighted by molar-refractivity contribution is 7.92. The van der Waals surface area contributed by atoms with E-state index in [1.807, 2.05) is 6.07 Å². The van der Waals surface area contributed by atoms with Crippen LogP contribution in [0.5, 0.6) is 0 Å². The van der Waals surface area contributed by atoms with E-state index in [0.29, 0.717) is 17.0 Å². The minimum absolute atomic E-state index is 0.0590. The molecule has 0 fully saturated rings. The van der Waals surface area contributed by atoms with Gasteiger partial charge in [0.1, 0.15) is 5.56 Å². The minimum Gasteiger partial charge on any atom is -0.478 e. The molecule has 0 unspecified atom stereocenters. The number of aromatic nitrogens is 1. The third kappa shape index (κ3) is 2.83. The van der Waals surface area contributed by atoms with Crippen molar-refractivity contribution in [1.29, 1.82) is 0 Å². The number of nitrogens with one attached hydrogen (secondary N) is 2. The fourth-order valence-corrected chi connectivity index (χ4v) is 2.58. The summed E-state index contributed by atoms with van der Waals surface area (Å²) in [6.45, 7) is 1.59. The number of anilines is 1. The molecule has 6 nitrogen and oxygen atoms in total. The summed E-state index contributed by atoms with van der Waals surface area (Å²) in [6, 6.07) is 8.93. The molecule has 106 valence electrons. The SMILES string of the molecule is Cc1[nH]c(-c2ccccc2)c(NS(C)(=O)=O)c1C(=O)O. The molecule has 0 aliphatic carbocycles. The summed E-state index contributed by atoms with van der Waals surface area (Å²) in [4.78, 5) is 14.2. The van der Waals surface area contributed by atoms with Crippen molar-refractivity contribution in [2.75, 3.05) is 11.0 Å². The maximum atomic E-state index is 11.5. The Bertz CT molecular complexity index is 748. The van der Waals surface area contributed by atoms with E-state index in [1.165, 1.54) is 0 Å². The van der Waals surface area contributed by atoms with Crippen molar-refractivity contribution in [3.63, 3.8) is 0 Å². The number of hydrogen-bond acceptors (Lipinski definition) is 3. The van der Waals surface area contributed by atoms with Crippen molar-refractivity contribution < 1.29 is 18.3 Å². The lowest BCUT2D eigenvalue weighted by Gasteiger charge is -2.07. The number of carboxylic acid groups (broad SMARTS) is 1. The van der Waals surface area contributed by atoms with Crippen LogP contribution in [0.3, 0.4) is 0 Å². The van der Waals surface area contributed by atoms with Crippen LogP contribution in [0, 0.1) is 6.92 Å². The molecule has 2 rings (SSSR count). The first-order valence-corrected chi connectivity index (χ1v) is 7.68. The first kappa shape index (κ1) is 14.1. The lowest BCUT2D eigenvalue weighted by Crippen LogP contribution is -2.13. The maximum Gasteiger partial charge on any atom is 0.339 e. The van der Waals surface area contributed by atoms with Gasteiger partial charge in [0.15, 0.2) is 0 Å². The summed E-state index contributed by atoms with van der Waals surface area (Å²) in [6.07, 6.45) is 0.982. The summed E-state index contributed by atoms with van der Waals surface area (Å²) >= 11 is 0. The highest BCUT2D eigenvalue weighted by Crippen LogP contribution is 2.33. The Labute approximate surface area is 116 Å². The Morgan fingerprint density at radius 3 is 2.35 bits per heavy atom. The van der Waals surface area contributed by atoms with E-state index < -0.39 is 16.0 Å². The minimum atomic E-state index is -3.58. The Hall–Kier alpha value is -2.28. The number of rotatable bonds is 4. The molecule has 1 aromatic carbocycles. The van der Waals surface area contributed by atoms with Gasteiger partial charge in [0, 0.05) is 11.3 Å². The molecule has 0 bridgehead atoms. The third-order valence-electron chi connectivity index (χ3n) is 2.75. The third-order valence-corrected chi connectivity index (χ3v) is 3.33. The summed E-state index contributed by atoms with van der Waals surface area (Å²) in [7, 11) is -3.58. The molecule has 2 aromatic rings. The van der Waals surface area contributed by atoms with E-state index in [4.69, 9.17) is 0 Å². The molecule has 0 amide bonds. The van der Waals surface area contributed by atoms with Crippen molar-refractivity contribution in [3.05, 3.63) is 41.6 Å². The Morgan fingerprint density at radius 2 is 1.85 bits per heavy atom. The van der Waals surface area contributed by atoms with Crippen LogP contribution in [-0.4, -0.2) is 30.7 Å². The van der Waals surface area contributed by atoms with E-state index in [0.717, 1.165) is 6.26 Å². The van der Waals surface area contributed by atoms with E-state index in [2.05, 4.69) is 9.71 Å². The number of carbonyl (C=O) groups is 1. The molecule has 3 N–H and O–H groups in total. The fraction of sp³-hybridized carbons (Fsp3) is 0.154. The van der Waals surface area contributed by atoms with E-state index in [-0.39, 0.29) is 11.3 Å². The molecule has 0 saturated carbocycles. The van der Waals surface area contributed by atoms with Gasteiger partial charge in [0.25, 0.3) is 0 Å². The van der Waals surface area contributed by atoms with Gasteiger partial charge in [-0.25, -0.2) is 13.2 Å². The molecule has 1 heterocycles. The molecular weight excluding hydrogens is 280 g/mol. The zero-order valence-electron chi connectivity index (χ0n) is 11.0. The van der Waals surface area contributed by atoms with Gasteiger partial charge in [-0.1, -0.05) is 30.3 Å². The average Bonchev–Trinajstić information content (AvgIpc) is 2.65. The number of aromatic carboxylic acids is 1. The van der Waals surface area contributed by atoms with Crippen molar-refractivity contribution in [3.8, 4) is 11.3 Å². The van der Waals surface area contributed by atoms with Gasteiger partial charge in [-0.05, 0) is 6.92 Å². The summed E-state index contributed by atoms with van der Waals surface area (Å²) in [5, 5.41) is 9.25. The van der Waals surface area contributed by atoms with Gasteiger partial charge in [-0.15, -0.1) is 0 Å². The smallest absolute Gasteiger partial charge is 0.339 e.